The van der Waals surface area contributed by atoms with Crippen molar-refractivity contribution in [2.24, 2.45) is 0 Å². The highest BCUT2D eigenvalue weighted by Gasteiger charge is 2.20. The maximum Gasteiger partial charge on any atom is 0.338 e. The molecule has 8 heteroatoms. The molecule has 2 aromatic carbocycles. The first-order valence-corrected chi connectivity index (χ1v) is 10.2. The minimum atomic E-state index is -3.75. The molecule has 0 aliphatic rings. The first-order chi connectivity index (χ1) is 13.6. The zero-order chi connectivity index (χ0) is 21.6. The zero-order valence-electron chi connectivity index (χ0n) is 16.4. The van der Waals surface area contributed by atoms with Gasteiger partial charge in [-0.25, -0.2) is 13.2 Å². The number of terminal acetylenes is 1. The van der Waals surface area contributed by atoms with Crippen LogP contribution in [0.1, 0.15) is 28.4 Å². The van der Waals surface area contributed by atoms with Crippen LogP contribution in [-0.4, -0.2) is 32.9 Å². The van der Waals surface area contributed by atoms with E-state index in [9.17, 15) is 18.0 Å². The smallest absolute Gasteiger partial charge is 0.338 e. The van der Waals surface area contributed by atoms with Crippen LogP contribution < -0.4 is 10.0 Å². The minimum absolute atomic E-state index is 0.0370. The predicted molar refractivity (Wildman–Crippen MR) is 110 cm³/mol. The van der Waals surface area contributed by atoms with E-state index in [2.05, 4.69) is 16.0 Å². The van der Waals surface area contributed by atoms with Gasteiger partial charge < -0.3 is 10.1 Å². The van der Waals surface area contributed by atoms with Crippen molar-refractivity contribution in [3.05, 3.63) is 59.2 Å². The summed E-state index contributed by atoms with van der Waals surface area (Å²) in [6, 6.07) is 10.8. The summed E-state index contributed by atoms with van der Waals surface area (Å²) in [5, 5.41) is 2.74. The normalized spacial score (nSPS) is 11.9. The highest BCUT2D eigenvalue weighted by Crippen LogP contribution is 2.17. The topological polar surface area (TPSA) is 102 Å². The Morgan fingerprint density at radius 2 is 1.79 bits per heavy atom. The number of anilines is 1. The molecular weight excluding hydrogens is 392 g/mol. The number of amides is 1. The number of carbonyl (C=O) groups is 2. The van der Waals surface area contributed by atoms with Crippen LogP contribution in [-0.2, 0) is 19.6 Å². The number of rotatable bonds is 7. The quantitative estimate of drug-likeness (QED) is 0.535. The predicted octanol–water partition coefficient (Wildman–Crippen LogP) is 2.40. The zero-order valence-corrected chi connectivity index (χ0v) is 17.2. The van der Waals surface area contributed by atoms with E-state index in [1.807, 2.05) is 32.0 Å². The molecule has 2 aromatic rings. The summed E-state index contributed by atoms with van der Waals surface area (Å²) in [6.45, 7) is 5.09. The number of hydrogen-bond donors (Lipinski definition) is 2. The van der Waals surface area contributed by atoms with Crippen molar-refractivity contribution in [1.29, 1.82) is 0 Å². The van der Waals surface area contributed by atoms with Crippen LogP contribution in [0.3, 0.4) is 0 Å². The van der Waals surface area contributed by atoms with Gasteiger partial charge >= 0.3 is 5.97 Å². The molecule has 152 valence electrons. The van der Waals surface area contributed by atoms with E-state index in [1.165, 1.54) is 31.2 Å². The number of ether oxygens (including phenoxy) is 1. The molecule has 29 heavy (non-hydrogen) atoms. The fraction of sp³-hybridized carbons (Fsp3) is 0.238. The van der Waals surface area contributed by atoms with Gasteiger partial charge in [-0.15, -0.1) is 6.42 Å². The van der Waals surface area contributed by atoms with E-state index in [0.717, 1.165) is 11.1 Å². The molecule has 0 bridgehead atoms. The van der Waals surface area contributed by atoms with Gasteiger partial charge in [0.25, 0.3) is 5.91 Å². The fourth-order valence-electron chi connectivity index (χ4n) is 2.38. The Kier molecular flexibility index (Phi) is 7.15. The maximum absolute atomic E-state index is 12.3. The van der Waals surface area contributed by atoms with E-state index >= 15 is 0 Å². The average molecular weight is 414 g/mol. The van der Waals surface area contributed by atoms with E-state index in [1.54, 1.807) is 0 Å². The molecule has 2 N–H and O–H groups in total. The standard InChI is InChI=1S/C21H22N2O5S/c1-5-12-22-29(26,27)18-10-8-17(9-11-18)21(25)28-16(4)20(24)23-19-13-14(2)6-7-15(19)3/h1,6-11,13,16,22H,12H2,2-4H3,(H,23,24). The number of esters is 1. The molecule has 1 amide bonds. The summed E-state index contributed by atoms with van der Waals surface area (Å²) in [7, 11) is -3.75. The molecular formula is C21H22N2O5S. The van der Waals surface area contributed by atoms with Crippen LogP contribution >= 0.6 is 0 Å². The third-order valence-corrected chi connectivity index (χ3v) is 5.49. The van der Waals surface area contributed by atoms with Crippen LogP contribution in [0.5, 0.6) is 0 Å². The molecule has 0 fully saturated rings. The van der Waals surface area contributed by atoms with Gasteiger partial charge in [-0.1, -0.05) is 18.1 Å². The molecule has 0 aromatic heterocycles. The van der Waals surface area contributed by atoms with Gasteiger partial charge in [0, 0.05) is 5.69 Å². The van der Waals surface area contributed by atoms with Crippen molar-refractivity contribution in [3.8, 4) is 12.3 Å². The van der Waals surface area contributed by atoms with E-state index in [-0.39, 0.29) is 17.0 Å². The van der Waals surface area contributed by atoms with E-state index < -0.39 is 28.0 Å². The Morgan fingerprint density at radius 3 is 2.41 bits per heavy atom. The Bertz CT molecular complexity index is 1050. The lowest BCUT2D eigenvalue weighted by Gasteiger charge is -2.15. The van der Waals surface area contributed by atoms with Crippen molar-refractivity contribution in [2.75, 3.05) is 11.9 Å². The number of benzene rings is 2. The van der Waals surface area contributed by atoms with E-state index in [4.69, 9.17) is 11.2 Å². The minimum Gasteiger partial charge on any atom is -0.449 e. The SMILES string of the molecule is C#CCNS(=O)(=O)c1ccc(C(=O)OC(C)C(=O)Nc2cc(C)ccc2C)cc1. The molecule has 0 aliphatic heterocycles. The van der Waals surface area contributed by atoms with Crippen molar-refractivity contribution >= 4 is 27.6 Å². The van der Waals surface area contributed by atoms with Gasteiger partial charge in [-0.2, -0.15) is 4.72 Å². The summed E-state index contributed by atoms with van der Waals surface area (Å²) >= 11 is 0. The third kappa shape index (κ3) is 5.91. The van der Waals surface area contributed by atoms with Crippen molar-refractivity contribution in [1.82, 2.24) is 4.72 Å². The van der Waals surface area contributed by atoms with Crippen molar-refractivity contribution in [3.63, 3.8) is 0 Å². The number of sulfonamides is 1. The highest BCUT2D eigenvalue weighted by molar-refractivity contribution is 7.89. The summed E-state index contributed by atoms with van der Waals surface area (Å²) in [5.74, 6) is 0.967. The highest BCUT2D eigenvalue weighted by atomic mass is 32.2. The van der Waals surface area contributed by atoms with Crippen LogP contribution in [0.4, 0.5) is 5.69 Å². The number of carbonyl (C=O) groups excluding carboxylic acids is 2. The van der Waals surface area contributed by atoms with Crippen LogP contribution in [0, 0.1) is 26.2 Å². The lowest BCUT2D eigenvalue weighted by molar-refractivity contribution is -0.123. The molecule has 0 heterocycles. The summed E-state index contributed by atoms with van der Waals surface area (Å²) in [6.07, 6.45) is 4.00. The Morgan fingerprint density at radius 1 is 1.14 bits per heavy atom. The lowest BCUT2D eigenvalue weighted by atomic mass is 10.1. The average Bonchev–Trinajstić information content (AvgIpc) is 2.69. The van der Waals surface area contributed by atoms with Gasteiger partial charge in [0.05, 0.1) is 17.0 Å². The second kappa shape index (κ2) is 9.37. The second-order valence-electron chi connectivity index (χ2n) is 6.41. The third-order valence-electron chi connectivity index (χ3n) is 4.07. The monoisotopic (exact) mass is 414 g/mol. The number of hydrogen-bond acceptors (Lipinski definition) is 5. The molecule has 0 saturated carbocycles. The van der Waals surface area contributed by atoms with Crippen LogP contribution in [0.15, 0.2) is 47.4 Å². The first-order valence-electron chi connectivity index (χ1n) is 8.76. The lowest BCUT2D eigenvalue weighted by Crippen LogP contribution is -2.30. The van der Waals surface area contributed by atoms with Gasteiger partial charge in [0.15, 0.2) is 6.10 Å². The summed E-state index contributed by atoms with van der Waals surface area (Å²) in [5.41, 5.74) is 2.64. The van der Waals surface area contributed by atoms with Crippen molar-refractivity contribution in [2.45, 2.75) is 31.8 Å². The fourth-order valence-corrected chi connectivity index (χ4v) is 3.31. The van der Waals surface area contributed by atoms with Gasteiger partial charge in [-0.05, 0) is 62.2 Å². The summed E-state index contributed by atoms with van der Waals surface area (Å²) < 4.78 is 31.4. The van der Waals surface area contributed by atoms with Crippen LogP contribution in [0.25, 0.3) is 0 Å². The van der Waals surface area contributed by atoms with Gasteiger partial charge in [-0.3, -0.25) is 4.79 Å². The molecule has 1 atom stereocenters. The first kappa shape index (κ1) is 22.1. The molecule has 1 unspecified atom stereocenters. The Labute approximate surface area is 170 Å². The summed E-state index contributed by atoms with van der Waals surface area (Å²) in [4.78, 5) is 24.6. The molecule has 0 radical (unpaired) electrons. The Balaban J connectivity index is 2.03. The largest absolute Gasteiger partial charge is 0.449 e. The van der Waals surface area contributed by atoms with Gasteiger partial charge in [0.1, 0.15) is 0 Å². The second-order valence-corrected chi connectivity index (χ2v) is 8.18. The molecule has 0 saturated heterocycles. The van der Waals surface area contributed by atoms with E-state index in [0.29, 0.717) is 5.69 Å². The number of aryl methyl sites for hydroxylation is 2. The Hall–Kier alpha value is -3.15. The molecule has 0 aliphatic carbocycles. The van der Waals surface area contributed by atoms with Crippen molar-refractivity contribution < 1.29 is 22.7 Å². The van der Waals surface area contributed by atoms with Gasteiger partial charge in [0.2, 0.25) is 10.0 Å². The molecule has 7 nitrogen and oxygen atoms in total. The van der Waals surface area contributed by atoms with Crippen LogP contribution in [0.2, 0.25) is 0 Å². The molecule has 0 spiro atoms. The molecule has 2 rings (SSSR count). The maximum atomic E-state index is 12.3. The number of nitrogens with one attached hydrogen (secondary N) is 2.